The highest BCUT2D eigenvalue weighted by atomic mass is 19.4. The Kier molecular flexibility index (Phi) is 4.85. The molecule has 0 heterocycles. The Balaban J connectivity index is 2.69. The van der Waals surface area contributed by atoms with Crippen molar-refractivity contribution in [1.82, 2.24) is 0 Å². The summed E-state index contributed by atoms with van der Waals surface area (Å²) in [4.78, 5) is 0. The maximum Gasteiger partial charge on any atom is 0.573 e. The predicted molar refractivity (Wildman–Crippen MR) is 52.0 cm³/mol. The number of nitrogens with two attached hydrogens (primary N) is 1. The van der Waals surface area contributed by atoms with Crippen molar-refractivity contribution in [2.45, 2.75) is 19.0 Å². The Morgan fingerprint density at radius 1 is 1.22 bits per heavy atom. The van der Waals surface area contributed by atoms with Crippen LogP contribution in [0.3, 0.4) is 0 Å². The van der Waals surface area contributed by atoms with E-state index in [4.69, 9.17) is 5.73 Å². The van der Waals surface area contributed by atoms with E-state index in [0.717, 1.165) is 12.1 Å². The molecule has 8 heteroatoms. The van der Waals surface area contributed by atoms with Gasteiger partial charge in [0.15, 0.2) is 0 Å². The van der Waals surface area contributed by atoms with Gasteiger partial charge < -0.3 is 15.2 Å². The van der Waals surface area contributed by atoms with Crippen molar-refractivity contribution in [3.8, 4) is 5.75 Å². The number of hydrogen-bond acceptors (Lipinski definition) is 3. The highest BCUT2D eigenvalue weighted by molar-refractivity contribution is 5.30. The molecular weight excluding hydrogens is 261 g/mol. The van der Waals surface area contributed by atoms with E-state index in [1.807, 2.05) is 0 Å². The van der Waals surface area contributed by atoms with Crippen molar-refractivity contribution >= 4 is 0 Å². The van der Waals surface area contributed by atoms with Crippen molar-refractivity contribution in [3.05, 3.63) is 29.8 Å². The Labute approximate surface area is 99.3 Å². The lowest BCUT2D eigenvalue weighted by atomic mass is 10.1. The summed E-state index contributed by atoms with van der Waals surface area (Å²) in [6.07, 6.45) is -4.82. The van der Waals surface area contributed by atoms with E-state index < -0.39 is 31.4 Å². The fraction of sp³-hybridized carbons (Fsp3) is 0.400. The van der Waals surface area contributed by atoms with Gasteiger partial charge in [0.1, 0.15) is 5.75 Å². The highest BCUT2D eigenvalue weighted by Crippen LogP contribution is 2.25. The number of benzene rings is 1. The lowest BCUT2D eigenvalue weighted by Crippen LogP contribution is -2.20. The molecule has 0 fully saturated rings. The summed E-state index contributed by atoms with van der Waals surface area (Å²) in [7, 11) is 0. The van der Waals surface area contributed by atoms with Crippen molar-refractivity contribution in [2.24, 2.45) is 5.73 Å². The fourth-order valence-electron chi connectivity index (χ4n) is 1.21. The van der Waals surface area contributed by atoms with Crippen LogP contribution in [0.2, 0.25) is 0 Å². The molecule has 3 nitrogen and oxygen atoms in total. The van der Waals surface area contributed by atoms with Crippen LogP contribution >= 0.6 is 0 Å². The zero-order valence-corrected chi connectivity index (χ0v) is 8.95. The average molecular weight is 271 g/mol. The first-order chi connectivity index (χ1) is 8.28. The second-order valence-corrected chi connectivity index (χ2v) is 3.32. The number of hydrogen-bond donors (Lipinski definition) is 1. The van der Waals surface area contributed by atoms with E-state index in [0.29, 0.717) is 0 Å². The molecule has 0 saturated heterocycles. The molecule has 0 bridgehead atoms. The molecule has 1 aromatic carbocycles. The van der Waals surface area contributed by atoms with Gasteiger partial charge in [0.2, 0.25) is 0 Å². The smallest absolute Gasteiger partial charge is 0.406 e. The molecule has 0 aliphatic carbocycles. The van der Waals surface area contributed by atoms with Crippen molar-refractivity contribution in [3.63, 3.8) is 0 Å². The summed E-state index contributed by atoms with van der Waals surface area (Å²) in [5, 5.41) is 0. The lowest BCUT2D eigenvalue weighted by molar-refractivity contribution is -0.274. The molecule has 1 unspecified atom stereocenters. The number of ether oxygens (including phenoxy) is 2. The molecule has 0 saturated carbocycles. The van der Waals surface area contributed by atoms with Gasteiger partial charge in [-0.05, 0) is 17.7 Å². The molecule has 0 aromatic heterocycles. The summed E-state index contributed by atoms with van der Waals surface area (Å²) in [5.41, 5.74) is 5.69. The summed E-state index contributed by atoms with van der Waals surface area (Å²) in [5.74, 6) is -0.465. The maximum absolute atomic E-state index is 12.0. The largest absolute Gasteiger partial charge is 0.573 e. The Morgan fingerprint density at radius 3 is 2.44 bits per heavy atom. The average Bonchev–Trinajstić information content (AvgIpc) is 2.23. The van der Waals surface area contributed by atoms with Gasteiger partial charge in [0.05, 0.1) is 12.6 Å². The molecule has 0 radical (unpaired) electrons. The first-order valence-electron chi connectivity index (χ1n) is 4.79. The van der Waals surface area contributed by atoms with Crippen LogP contribution in [0.5, 0.6) is 5.75 Å². The quantitative estimate of drug-likeness (QED) is 0.837. The van der Waals surface area contributed by atoms with Crippen LogP contribution < -0.4 is 10.5 Å². The van der Waals surface area contributed by atoms with Crippen LogP contribution in [-0.2, 0) is 4.74 Å². The van der Waals surface area contributed by atoms with Crippen molar-refractivity contribution < 1.29 is 31.4 Å². The SMILES string of the molecule is NC(COC(F)F)c1cccc(OC(F)(F)F)c1. The minimum atomic E-state index is -4.82. The van der Waals surface area contributed by atoms with Gasteiger partial charge in [-0.3, -0.25) is 0 Å². The van der Waals surface area contributed by atoms with Crippen LogP contribution in [0, 0.1) is 0 Å². The van der Waals surface area contributed by atoms with Gasteiger partial charge in [-0.2, -0.15) is 8.78 Å². The van der Waals surface area contributed by atoms with Gasteiger partial charge in [0.25, 0.3) is 0 Å². The molecule has 2 N–H and O–H groups in total. The maximum atomic E-state index is 12.0. The van der Waals surface area contributed by atoms with Crippen LogP contribution in [0.1, 0.15) is 11.6 Å². The van der Waals surface area contributed by atoms with Crippen LogP contribution in [0.15, 0.2) is 24.3 Å². The third-order valence-electron chi connectivity index (χ3n) is 1.92. The van der Waals surface area contributed by atoms with E-state index in [1.165, 1.54) is 12.1 Å². The Hall–Kier alpha value is -1.41. The zero-order chi connectivity index (χ0) is 13.8. The van der Waals surface area contributed by atoms with Gasteiger partial charge in [0, 0.05) is 0 Å². The number of rotatable bonds is 5. The van der Waals surface area contributed by atoms with E-state index in [9.17, 15) is 22.0 Å². The summed E-state index contributed by atoms with van der Waals surface area (Å²) in [6.45, 7) is -3.49. The molecule has 0 spiro atoms. The van der Waals surface area contributed by atoms with Crippen LogP contribution in [0.4, 0.5) is 22.0 Å². The van der Waals surface area contributed by atoms with Crippen molar-refractivity contribution in [2.75, 3.05) is 6.61 Å². The van der Waals surface area contributed by atoms with Gasteiger partial charge in [-0.25, -0.2) is 0 Å². The zero-order valence-electron chi connectivity index (χ0n) is 8.95. The van der Waals surface area contributed by atoms with E-state index >= 15 is 0 Å². The summed E-state index contributed by atoms with van der Waals surface area (Å²) < 4.78 is 67.0. The number of halogens is 5. The monoisotopic (exact) mass is 271 g/mol. The molecule has 18 heavy (non-hydrogen) atoms. The molecule has 1 rings (SSSR count). The Morgan fingerprint density at radius 2 is 1.89 bits per heavy atom. The third-order valence-corrected chi connectivity index (χ3v) is 1.92. The number of alkyl halides is 5. The van der Waals surface area contributed by atoms with E-state index in [2.05, 4.69) is 9.47 Å². The third kappa shape index (κ3) is 5.28. The minimum Gasteiger partial charge on any atom is -0.406 e. The van der Waals surface area contributed by atoms with Crippen molar-refractivity contribution in [1.29, 1.82) is 0 Å². The van der Waals surface area contributed by atoms with E-state index in [1.54, 1.807) is 0 Å². The molecule has 102 valence electrons. The topological polar surface area (TPSA) is 44.5 Å². The Bertz CT molecular complexity index is 383. The first-order valence-corrected chi connectivity index (χ1v) is 4.79. The molecule has 0 amide bonds. The minimum absolute atomic E-state index is 0.206. The predicted octanol–water partition coefficient (Wildman–Crippen LogP) is 2.82. The summed E-state index contributed by atoms with van der Waals surface area (Å²) in [6, 6.07) is 3.81. The normalized spacial score (nSPS) is 13.7. The summed E-state index contributed by atoms with van der Waals surface area (Å²) >= 11 is 0. The van der Waals surface area contributed by atoms with Gasteiger partial charge in [-0.1, -0.05) is 12.1 Å². The first kappa shape index (κ1) is 14.7. The van der Waals surface area contributed by atoms with Crippen LogP contribution in [-0.4, -0.2) is 19.6 Å². The fourth-order valence-corrected chi connectivity index (χ4v) is 1.21. The lowest BCUT2D eigenvalue weighted by Gasteiger charge is -2.14. The second kappa shape index (κ2) is 5.96. The van der Waals surface area contributed by atoms with Crippen LogP contribution in [0.25, 0.3) is 0 Å². The molecule has 1 atom stereocenters. The molecular formula is C10H10F5NO2. The van der Waals surface area contributed by atoms with Gasteiger partial charge >= 0.3 is 13.0 Å². The molecule has 0 aliphatic heterocycles. The molecule has 1 aromatic rings. The standard InChI is InChI=1S/C10H10F5NO2/c11-9(12)17-5-8(16)6-2-1-3-7(4-6)18-10(13,14)15/h1-4,8-9H,5,16H2. The second-order valence-electron chi connectivity index (χ2n) is 3.32. The molecule has 0 aliphatic rings. The highest BCUT2D eigenvalue weighted by Gasteiger charge is 2.31. The van der Waals surface area contributed by atoms with E-state index in [-0.39, 0.29) is 5.56 Å². The van der Waals surface area contributed by atoms with Gasteiger partial charge in [-0.15, -0.1) is 13.2 Å².